The molecule has 1 saturated heterocycles. The molecule has 0 spiro atoms. The van der Waals surface area contributed by atoms with E-state index in [1.807, 2.05) is 0 Å². The topological polar surface area (TPSA) is 29.5 Å². The molecule has 0 aliphatic carbocycles. The van der Waals surface area contributed by atoms with Gasteiger partial charge in [-0.1, -0.05) is 32.9 Å². The van der Waals surface area contributed by atoms with Gasteiger partial charge in [0.25, 0.3) is 5.91 Å². The Balaban J connectivity index is 2.34. The van der Waals surface area contributed by atoms with E-state index in [-0.39, 0.29) is 11.5 Å². The van der Waals surface area contributed by atoms with Gasteiger partial charge in [0, 0.05) is 17.4 Å². The van der Waals surface area contributed by atoms with E-state index < -0.39 is 23.1 Å². The van der Waals surface area contributed by atoms with E-state index in [1.165, 1.54) is 17.2 Å². The normalized spacial score (nSPS) is 19.8. The summed E-state index contributed by atoms with van der Waals surface area (Å²) < 4.78 is 27.1. The third kappa shape index (κ3) is 2.61. The van der Waals surface area contributed by atoms with E-state index in [0.29, 0.717) is 13.0 Å². The number of rotatable bonds is 1. The lowest BCUT2D eigenvalue weighted by atomic mass is 9.94. The summed E-state index contributed by atoms with van der Waals surface area (Å²) in [5.41, 5.74) is -0.470. The molecule has 0 radical (unpaired) electrons. The highest BCUT2D eigenvalue weighted by Gasteiger charge is 2.38. The van der Waals surface area contributed by atoms with E-state index in [4.69, 9.17) is 4.84 Å². The summed E-state index contributed by atoms with van der Waals surface area (Å²) in [4.78, 5) is 17.5. The zero-order valence-corrected chi connectivity index (χ0v) is 11.2. The molecule has 3 nitrogen and oxygen atoms in total. The Morgan fingerprint density at radius 1 is 1.37 bits per heavy atom. The lowest BCUT2D eigenvalue weighted by molar-refractivity contribution is -0.186. The molecule has 1 aromatic rings. The van der Waals surface area contributed by atoms with Crippen LogP contribution in [0.15, 0.2) is 18.2 Å². The summed E-state index contributed by atoms with van der Waals surface area (Å²) in [6, 6.07) is 3.42. The molecule has 0 bridgehead atoms. The first kappa shape index (κ1) is 13.9. The smallest absolute Gasteiger partial charge is 0.252 e. The maximum Gasteiger partial charge on any atom is 0.252 e. The van der Waals surface area contributed by atoms with Crippen molar-refractivity contribution >= 4 is 5.91 Å². The predicted octanol–water partition coefficient (Wildman–Crippen LogP) is 3.22. The predicted molar refractivity (Wildman–Crippen MR) is 66.0 cm³/mol. The largest absolute Gasteiger partial charge is 0.272 e. The third-order valence-electron chi connectivity index (χ3n) is 3.09. The van der Waals surface area contributed by atoms with Crippen molar-refractivity contribution in [3.05, 3.63) is 35.4 Å². The maximum atomic E-state index is 13.8. The second-order valence-electron chi connectivity index (χ2n) is 5.66. The fourth-order valence-corrected chi connectivity index (χ4v) is 2.06. The number of amides is 1. The van der Waals surface area contributed by atoms with Crippen molar-refractivity contribution in [2.24, 2.45) is 5.41 Å². The summed E-state index contributed by atoms with van der Waals surface area (Å²) in [6.45, 7) is 5.60. The number of hydrogen-bond donors (Lipinski definition) is 0. The second kappa shape index (κ2) is 4.89. The first-order chi connectivity index (χ1) is 8.82. The van der Waals surface area contributed by atoms with E-state index in [2.05, 4.69) is 0 Å². The van der Waals surface area contributed by atoms with E-state index in [1.54, 1.807) is 20.8 Å². The van der Waals surface area contributed by atoms with E-state index >= 15 is 0 Å². The summed E-state index contributed by atoms with van der Waals surface area (Å²) in [5, 5.41) is 1.18. The molecule has 1 amide bonds. The lowest BCUT2D eigenvalue weighted by Crippen LogP contribution is -2.38. The van der Waals surface area contributed by atoms with Gasteiger partial charge in [-0.05, 0) is 6.07 Å². The minimum atomic E-state index is -0.912. The van der Waals surface area contributed by atoms with Crippen molar-refractivity contribution < 1.29 is 18.4 Å². The number of hydroxylamine groups is 2. The van der Waals surface area contributed by atoms with Crippen LogP contribution in [0.3, 0.4) is 0 Å². The van der Waals surface area contributed by atoms with E-state index in [0.717, 1.165) is 6.07 Å². The van der Waals surface area contributed by atoms with Crippen LogP contribution in [0.4, 0.5) is 8.78 Å². The van der Waals surface area contributed by atoms with Gasteiger partial charge in [-0.2, -0.15) is 0 Å². The highest BCUT2D eigenvalue weighted by atomic mass is 19.2. The zero-order valence-electron chi connectivity index (χ0n) is 11.2. The molecule has 1 fully saturated rings. The number of carbonyl (C=O) groups excluding carboxylic acids is 1. The van der Waals surface area contributed by atoms with Gasteiger partial charge in [0.15, 0.2) is 11.6 Å². The molecule has 2 rings (SSSR count). The van der Waals surface area contributed by atoms with Crippen LogP contribution in [0.25, 0.3) is 0 Å². The van der Waals surface area contributed by atoms with Gasteiger partial charge in [-0.25, -0.2) is 13.8 Å². The molecule has 1 aromatic carbocycles. The number of hydrogen-bond acceptors (Lipinski definition) is 2. The maximum absolute atomic E-state index is 13.8. The summed E-state index contributed by atoms with van der Waals surface area (Å²) in [5.74, 6) is -2.06. The lowest BCUT2D eigenvalue weighted by Gasteiger charge is -2.29. The van der Waals surface area contributed by atoms with Gasteiger partial charge in [0.05, 0.1) is 12.6 Å². The Morgan fingerprint density at radius 2 is 2.05 bits per heavy atom. The Hall–Kier alpha value is -1.49. The first-order valence-electron chi connectivity index (χ1n) is 6.23. The van der Waals surface area contributed by atoms with Crippen LogP contribution in [0.1, 0.15) is 38.8 Å². The van der Waals surface area contributed by atoms with Crippen LogP contribution >= 0.6 is 0 Å². The van der Waals surface area contributed by atoms with Crippen molar-refractivity contribution in [1.82, 2.24) is 5.06 Å². The van der Waals surface area contributed by atoms with Crippen LogP contribution < -0.4 is 0 Å². The van der Waals surface area contributed by atoms with Gasteiger partial charge >= 0.3 is 0 Å². The molecule has 0 unspecified atom stereocenters. The molecule has 19 heavy (non-hydrogen) atoms. The van der Waals surface area contributed by atoms with Crippen molar-refractivity contribution in [2.75, 3.05) is 6.61 Å². The molecule has 0 saturated carbocycles. The molecule has 1 atom stereocenters. The van der Waals surface area contributed by atoms with Crippen LogP contribution in [-0.2, 0) is 9.63 Å². The van der Waals surface area contributed by atoms with Gasteiger partial charge in [-0.3, -0.25) is 9.63 Å². The number of halogens is 2. The average Bonchev–Trinajstić information content (AvgIpc) is 2.79. The molecule has 1 aliphatic heterocycles. The van der Waals surface area contributed by atoms with Crippen molar-refractivity contribution in [2.45, 2.75) is 33.2 Å². The molecule has 0 aromatic heterocycles. The van der Waals surface area contributed by atoms with E-state index in [9.17, 15) is 13.6 Å². The Kier molecular flexibility index (Phi) is 3.58. The molecule has 0 N–H and O–H groups in total. The van der Waals surface area contributed by atoms with Crippen molar-refractivity contribution in [1.29, 1.82) is 0 Å². The fraction of sp³-hybridized carbons (Fsp3) is 0.500. The summed E-state index contributed by atoms with van der Waals surface area (Å²) >= 11 is 0. The molecular formula is C14H17F2NO2. The van der Waals surface area contributed by atoms with Crippen molar-refractivity contribution in [3.63, 3.8) is 0 Å². The summed E-state index contributed by atoms with van der Waals surface area (Å²) in [7, 11) is 0. The molecule has 5 heteroatoms. The molecule has 1 aliphatic rings. The quantitative estimate of drug-likeness (QED) is 0.783. The van der Waals surface area contributed by atoms with Crippen LogP contribution in [-0.4, -0.2) is 17.6 Å². The molecule has 1 heterocycles. The standard InChI is InChI=1S/C14H17F2NO2/c1-14(2,3)13(18)17-11(7-8-19-17)9-5-4-6-10(15)12(9)16/h4-6,11H,7-8H2,1-3H3/t11-/m0/s1. The Labute approximate surface area is 111 Å². The number of nitrogens with zero attached hydrogens (tertiary/aromatic N) is 1. The zero-order chi connectivity index (χ0) is 14.2. The van der Waals surface area contributed by atoms with Gasteiger partial charge in [-0.15, -0.1) is 0 Å². The van der Waals surface area contributed by atoms with Crippen LogP contribution in [0.5, 0.6) is 0 Å². The van der Waals surface area contributed by atoms with Gasteiger partial charge < -0.3 is 0 Å². The van der Waals surface area contributed by atoms with Crippen LogP contribution in [0, 0.1) is 17.0 Å². The average molecular weight is 269 g/mol. The third-order valence-corrected chi connectivity index (χ3v) is 3.09. The highest BCUT2D eigenvalue weighted by molar-refractivity contribution is 5.81. The number of benzene rings is 1. The number of carbonyl (C=O) groups is 1. The fourth-order valence-electron chi connectivity index (χ4n) is 2.06. The summed E-state index contributed by atoms with van der Waals surface area (Å²) in [6.07, 6.45) is 0.461. The molecule has 104 valence electrons. The first-order valence-corrected chi connectivity index (χ1v) is 6.23. The Morgan fingerprint density at radius 3 is 2.68 bits per heavy atom. The minimum absolute atomic E-state index is 0.162. The monoisotopic (exact) mass is 269 g/mol. The van der Waals surface area contributed by atoms with Crippen molar-refractivity contribution in [3.8, 4) is 0 Å². The van der Waals surface area contributed by atoms with Gasteiger partial charge in [0.2, 0.25) is 0 Å². The Bertz CT molecular complexity index is 497. The minimum Gasteiger partial charge on any atom is -0.272 e. The van der Waals surface area contributed by atoms with Gasteiger partial charge in [0.1, 0.15) is 0 Å². The highest BCUT2D eigenvalue weighted by Crippen LogP contribution is 2.35. The van der Waals surface area contributed by atoms with Crippen LogP contribution in [0.2, 0.25) is 0 Å². The molecular weight excluding hydrogens is 252 g/mol. The second-order valence-corrected chi connectivity index (χ2v) is 5.66. The SMILES string of the molecule is CC(C)(C)C(=O)N1OCC[C@H]1c1cccc(F)c1F.